The molecule has 120 valence electrons. The van der Waals surface area contributed by atoms with Crippen molar-refractivity contribution >= 4 is 11.6 Å². The van der Waals surface area contributed by atoms with Crippen LogP contribution in [0.15, 0.2) is 12.3 Å². The molecule has 2 rings (SSSR count). The first-order valence-electron chi connectivity index (χ1n) is 6.54. The van der Waals surface area contributed by atoms with Crippen molar-refractivity contribution in [3.8, 4) is 0 Å². The molecule has 0 saturated carbocycles. The summed E-state index contributed by atoms with van der Waals surface area (Å²) in [4.78, 5) is 12.2. The van der Waals surface area contributed by atoms with Crippen molar-refractivity contribution in [1.29, 1.82) is 0 Å². The van der Waals surface area contributed by atoms with Crippen molar-refractivity contribution in [1.82, 2.24) is 19.6 Å². The molecule has 1 N–H and O–H groups in total. The third-order valence-corrected chi connectivity index (χ3v) is 3.43. The molecule has 0 aromatic carbocycles. The standard InChI is InChI=1S/C13H16F3N5O/c1-7-11(8(2)20(4)18-7)17-12(22)9(3)21-6-5-10(19-21)13(14,15)16/h5-6,9H,1-4H3,(H,17,22)/t9-/m0/s1. The van der Waals surface area contributed by atoms with Gasteiger partial charge in [-0.3, -0.25) is 14.2 Å². The van der Waals surface area contributed by atoms with E-state index in [0.717, 1.165) is 22.6 Å². The smallest absolute Gasteiger partial charge is 0.321 e. The van der Waals surface area contributed by atoms with Crippen LogP contribution in [0.2, 0.25) is 0 Å². The molecule has 0 spiro atoms. The number of hydrogen-bond acceptors (Lipinski definition) is 3. The summed E-state index contributed by atoms with van der Waals surface area (Å²) in [6, 6.07) is -0.0419. The van der Waals surface area contributed by atoms with Gasteiger partial charge in [0.2, 0.25) is 5.91 Å². The van der Waals surface area contributed by atoms with Crippen LogP contribution >= 0.6 is 0 Å². The third kappa shape index (κ3) is 2.97. The normalized spacial score (nSPS) is 13.2. The molecule has 22 heavy (non-hydrogen) atoms. The van der Waals surface area contributed by atoms with Gasteiger partial charge in [-0.1, -0.05) is 0 Å². The van der Waals surface area contributed by atoms with E-state index in [-0.39, 0.29) is 0 Å². The average Bonchev–Trinajstić information content (AvgIpc) is 2.99. The minimum absolute atomic E-state index is 0.462. The molecule has 0 aliphatic rings. The van der Waals surface area contributed by atoms with Crippen LogP contribution in [0.3, 0.4) is 0 Å². The number of nitrogens with one attached hydrogen (secondary N) is 1. The molecule has 2 heterocycles. The van der Waals surface area contributed by atoms with Crippen molar-refractivity contribution in [3.05, 3.63) is 29.3 Å². The Balaban J connectivity index is 2.17. The SMILES string of the molecule is Cc1nn(C)c(C)c1NC(=O)[C@H](C)n1ccc(C(F)(F)F)n1. The Bertz CT molecular complexity index is 701. The largest absolute Gasteiger partial charge is 0.435 e. The van der Waals surface area contributed by atoms with Crippen molar-refractivity contribution < 1.29 is 18.0 Å². The van der Waals surface area contributed by atoms with E-state index < -0.39 is 23.8 Å². The lowest BCUT2D eigenvalue weighted by Gasteiger charge is -2.13. The summed E-state index contributed by atoms with van der Waals surface area (Å²) in [5, 5.41) is 10.2. The van der Waals surface area contributed by atoms with E-state index in [0.29, 0.717) is 11.4 Å². The summed E-state index contributed by atoms with van der Waals surface area (Å²) in [5.74, 6) is -0.462. The van der Waals surface area contributed by atoms with Gasteiger partial charge in [-0.2, -0.15) is 23.4 Å². The van der Waals surface area contributed by atoms with Gasteiger partial charge in [0.15, 0.2) is 5.69 Å². The van der Waals surface area contributed by atoms with Gasteiger partial charge in [-0.05, 0) is 26.8 Å². The molecule has 1 atom stereocenters. The van der Waals surface area contributed by atoms with Crippen molar-refractivity contribution in [2.24, 2.45) is 7.05 Å². The predicted molar refractivity (Wildman–Crippen MR) is 73.3 cm³/mol. The number of nitrogens with zero attached hydrogens (tertiary/aromatic N) is 4. The Kier molecular flexibility index (Phi) is 3.99. The number of rotatable bonds is 3. The lowest BCUT2D eigenvalue weighted by molar-refractivity contribution is -0.141. The molecular weight excluding hydrogens is 299 g/mol. The molecule has 2 aromatic heterocycles. The van der Waals surface area contributed by atoms with E-state index >= 15 is 0 Å². The maximum atomic E-state index is 12.5. The van der Waals surface area contributed by atoms with Gasteiger partial charge in [0.1, 0.15) is 6.04 Å². The second kappa shape index (κ2) is 5.47. The van der Waals surface area contributed by atoms with Crippen LogP contribution in [0.1, 0.15) is 30.0 Å². The fourth-order valence-electron chi connectivity index (χ4n) is 2.01. The van der Waals surface area contributed by atoms with E-state index in [4.69, 9.17) is 0 Å². The number of aryl methyl sites for hydroxylation is 2. The zero-order valence-electron chi connectivity index (χ0n) is 12.6. The molecule has 1 amide bonds. The van der Waals surface area contributed by atoms with Crippen LogP contribution in [0, 0.1) is 13.8 Å². The Morgan fingerprint density at radius 2 is 1.95 bits per heavy atom. The van der Waals surface area contributed by atoms with E-state index in [1.165, 1.54) is 6.92 Å². The van der Waals surface area contributed by atoms with E-state index in [1.54, 1.807) is 25.6 Å². The highest BCUT2D eigenvalue weighted by Gasteiger charge is 2.34. The lowest BCUT2D eigenvalue weighted by Crippen LogP contribution is -2.25. The van der Waals surface area contributed by atoms with E-state index in [9.17, 15) is 18.0 Å². The van der Waals surface area contributed by atoms with Gasteiger partial charge in [-0.25, -0.2) is 0 Å². The second-order valence-corrected chi connectivity index (χ2v) is 5.01. The summed E-state index contributed by atoms with van der Waals surface area (Å²) in [6.07, 6.45) is -3.39. The van der Waals surface area contributed by atoms with Crippen molar-refractivity contribution in [3.63, 3.8) is 0 Å². The number of hydrogen-bond donors (Lipinski definition) is 1. The summed E-state index contributed by atoms with van der Waals surface area (Å²) in [6.45, 7) is 5.00. The van der Waals surface area contributed by atoms with Gasteiger partial charge in [-0.15, -0.1) is 0 Å². The van der Waals surface area contributed by atoms with Crippen LogP contribution in [0.25, 0.3) is 0 Å². The summed E-state index contributed by atoms with van der Waals surface area (Å²) < 4.78 is 40.2. The van der Waals surface area contributed by atoms with Crippen LogP contribution in [0.4, 0.5) is 18.9 Å². The van der Waals surface area contributed by atoms with Crippen LogP contribution in [-0.4, -0.2) is 25.5 Å². The first-order chi connectivity index (χ1) is 10.1. The molecular formula is C13H16F3N5O. The van der Waals surface area contributed by atoms with Gasteiger partial charge in [0.05, 0.1) is 17.1 Å². The number of amides is 1. The maximum absolute atomic E-state index is 12.5. The molecule has 0 aliphatic heterocycles. The molecule has 9 heteroatoms. The Morgan fingerprint density at radius 3 is 2.41 bits per heavy atom. The highest BCUT2D eigenvalue weighted by Crippen LogP contribution is 2.28. The second-order valence-electron chi connectivity index (χ2n) is 5.01. The quantitative estimate of drug-likeness (QED) is 0.946. The number of carbonyl (C=O) groups excluding carboxylic acids is 1. The van der Waals surface area contributed by atoms with E-state index in [2.05, 4.69) is 15.5 Å². The Labute approximate surface area is 124 Å². The first-order valence-corrected chi connectivity index (χ1v) is 6.54. The zero-order chi connectivity index (χ0) is 16.7. The summed E-state index contributed by atoms with van der Waals surface area (Å²) in [5.41, 5.74) is 0.926. The lowest BCUT2D eigenvalue weighted by atomic mass is 10.2. The highest BCUT2D eigenvalue weighted by molar-refractivity contribution is 5.94. The van der Waals surface area contributed by atoms with E-state index in [1.807, 2.05) is 0 Å². The maximum Gasteiger partial charge on any atom is 0.435 e. The molecule has 0 unspecified atom stereocenters. The molecule has 0 bridgehead atoms. The topological polar surface area (TPSA) is 64.7 Å². The van der Waals surface area contributed by atoms with Crippen LogP contribution in [0.5, 0.6) is 0 Å². The minimum Gasteiger partial charge on any atom is -0.321 e. The van der Waals surface area contributed by atoms with Gasteiger partial charge < -0.3 is 5.32 Å². The zero-order valence-corrected chi connectivity index (χ0v) is 12.6. The molecule has 0 saturated heterocycles. The summed E-state index contributed by atoms with van der Waals surface area (Å²) >= 11 is 0. The number of anilines is 1. The number of halogens is 3. The Hall–Kier alpha value is -2.32. The third-order valence-electron chi connectivity index (χ3n) is 3.43. The van der Waals surface area contributed by atoms with Gasteiger partial charge >= 0.3 is 6.18 Å². The molecule has 6 nitrogen and oxygen atoms in total. The highest BCUT2D eigenvalue weighted by atomic mass is 19.4. The fraction of sp³-hybridized carbons (Fsp3) is 0.462. The van der Waals surface area contributed by atoms with Crippen molar-refractivity contribution in [2.45, 2.75) is 33.0 Å². The fourth-order valence-corrected chi connectivity index (χ4v) is 2.01. The summed E-state index contributed by atoms with van der Waals surface area (Å²) in [7, 11) is 1.74. The first kappa shape index (κ1) is 16.1. The average molecular weight is 315 g/mol. The number of aromatic nitrogens is 4. The molecule has 2 aromatic rings. The van der Waals surface area contributed by atoms with Crippen molar-refractivity contribution in [2.75, 3.05) is 5.32 Å². The Morgan fingerprint density at radius 1 is 1.32 bits per heavy atom. The predicted octanol–water partition coefficient (Wildman–Crippen LogP) is 2.45. The van der Waals surface area contributed by atoms with Crippen LogP contribution in [-0.2, 0) is 18.0 Å². The minimum atomic E-state index is -4.53. The monoisotopic (exact) mass is 315 g/mol. The molecule has 0 radical (unpaired) electrons. The molecule has 0 fully saturated rings. The number of alkyl halides is 3. The van der Waals surface area contributed by atoms with Gasteiger partial charge in [0, 0.05) is 13.2 Å². The van der Waals surface area contributed by atoms with Crippen LogP contribution < -0.4 is 5.32 Å². The number of carbonyl (C=O) groups is 1. The van der Waals surface area contributed by atoms with Gasteiger partial charge in [0.25, 0.3) is 0 Å². The molecule has 0 aliphatic carbocycles.